The zero-order valence-corrected chi connectivity index (χ0v) is 18.5. The van der Waals surface area contributed by atoms with Gasteiger partial charge in [0.2, 0.25) is 0 Å². The second-order valence-corrected chi connectivity index (χ2v) is 8.35. The summed E-state index contributed by atoms with van der Waals surface area (Å²) in [6.07, 6.45) is 12.3. The molecule has 0 aliphatic heterocycles. The van der Waals surface area contributed by atoms with Gasteiger partial charge in [-0.15, -0.1) is 0 Å². The van der Waals surface area contributed by atoms with E-state index in [1.165, 1.54) is 5.57 Å². The van der Waals surface area contributed by atoms with E-state index >= 15 is 0 Å². The first-order valence-corrected chi connectivity index (χ1v) is 10.8. The molecule has 5 heteroatoms. The molecule has 1 heterocycles. The Morgan fingerprint density at radius 3 is 2.88 bits per heavy atom. The van der Waals surface area contributed by atoms with Gasteiger partial charge < -0.3 is 5.11 Å². The molecule has 2 atom stereocenters. The van der Waals surface area contributed by atoms with Crippen molar-refractivity contribution in [3.05, 3.63) is 76.8 Å². The van der Waals surface area contributed by atoms with Crippen molar-refractivity contribution in [1.82, 2.24) is 9.78 Å². The smallest absolute Gasteiger partial charge is 0.135 e. The summed E-state index contributed by atoms with van der Waals surface area (Å²) in [4.78, 5) is 3.73. The minimum atomic E-state index is -1.15. The van der Waals surface area contributed by atoms with Crippen molar-refractivity contribution in [2.75, 3.05) is 0 Å². The van der Waals surface area contributed by atoms with Gasteiger partial charge in [0.05, 0.1) is 17.5 Å². The van der Waals surface area contributed by atoms with Gasteiger partial charge in [-0.3, -0.25) is 4.99 Å². The van der Waals surface area contributed by atoms with E-state index in [4.69, 9.17) is 0 Å². The molecule has 0 radical (unpaired) electrons. The van der Waals surface area contributed by atoms with Crippen molar-refractivity contribution in [3.8, 4) is 17.9 Å². The van der Waals surface area contributed by atoms with E-state index in [0.717, 1.165) is 29.8 Å². The molecule has 2 aliphatic carbocycles. The van der Waals surface area contributed by atoms with Gasteiger partial charge in [-0.2, -0.15) is 10.4 Å². The summed E-state index contributed by atoms with van der Waals surface area (Å²) in [5.74, 6) is 6.30. The van der Waals surface area contributed by atoms with Crippen LogP contribution in [0.1, 0.15) is 55.5 Å². The van der Waals surface area contributed by atoms with E-state index in [2.05, 4.69) is 47.7 Å². The molecule has 1 saturated carbocycles. The van der Waals surface area contributed by atoms with Crippen LogP contribution in [0.15, 0.2) is 59.4 Å². The van der Waals surface area contributed by atoms with Gasteiger partial charge in [-0.05, 0) is 75.2 Å². The van der Waals surface area contributed by atoms with Crippen LogP contribution >= 0.6 is 0 Å². The van der Waals surface area contributed by atoms with Crippen LogP contribution in [0, 0.1) is 28.6 Å². The van der Waals surface area contributed by atoms with Crippen molar-refractivity contribution < 1.29 is 5.11 Å². The number of benzene rings is 1. The number of aliphatic imine (C=N–C) groups is 1. The molecular formula is C27H26N4O. The highest BCUT2D eigenvalue weighted by atomic mass is 16.3. The second-order valence-electron chi connectivity index (χ2n) is 8.35. The Morgan fingerprint density at radius 2 is 2.16 bits per heavy atom. The van der Waals surface area contributed by atoms with E-state index in [1.54, 1.807) is 12.3 Å². The van der Waals surface area contributed by atoms with Gasteiger partial charge in [0.1, 0.15) is 11.7 Å². The van der Waals surface area contributed by atoms with Crippen LogP contribution in [-0.4, -0.2) is 27.2 Å². The Labute approximate surface area is 189 Å². The number of hydrogen-bond donors (Lipinski definition) is 1. The fourth-order valence-corrected chi connectivity index (χ4v) is 4.98. The largest absolute Gasteiger partial charge is 0.377 e. The highest BCUT2D eigenvalue weighted by molar-refractivity contribution is 5.66. The van der Waals surface area contributed by atoms with E-state index in [-0.39, 0.29) is 0 Å². The number of aromatic nitrogens is 2. The lowest BCUT2D eigenvalue weighted by Crippen LogP contribution is -2.46. The molecule has 0 amide bonds. The van der Waals surface area contributed by atoms with Crippen molar-refractivity contribution >= 4 is 18.5 Å². The standard InChI is InChI=1S/C27H26N4O/c1-4-26-17-23-19-30-31(20(2)8-7-15-29-3)25(23)16-24(26)12-14-27(26,32)13-11-21-9-5-6-10-22(21)18-28/h5-10,15-16,19,32H,3-4,12,14,17H2,1-2H3. The summed E-state index contributed by atoms with van der Waals surface area (Å²) in [5, 5.41) is 25.8. The molecule has 0 saturated heterocycles. The van der Waals surface area contributed by atoms with Crippen LogP contribution in [-0.2, 0) is 6.42 Å². The lowest BCUT2D eigenvalue weighted by atomic mass is 9.64. The Morgan fingerprint density at radius 1 is 1.38 bits per heavy atom. The van der Waals surface area contributed by atoms with Gasteiger partial charge in [-0.1, -0.05) is 36.5 Å². The van der Waals surface area contributed by atoms with Gasteiger partial charge in [0.25, 0.3) is 0 Å². The molecule has 32 heavy (non-hydrogen) atoms. The first-order valence-electron chi connectivity index (χ1n) is 10.8. The Hall–Kier alpha value is -3.67. The van der Waals surface area contributed by atoms with Crippen LogP contribution in [0.4, 0.5) is 0 Å². The first kappa shape index (κ1) is 21.6. The van der Waals surface area contributed by atoms with E-state index in [9.17, 15) is 10.4 Å². The number of nitrogens with zero attached hydrogens (tertiary/aromatic N) is 4. The van der Waals surface area contributed by atoms with Crippen molar-refractivity contribution in [1.29, 1.82) is 5.26 Å². The molecular weight excluding hydrogens is 396 g/mol. The first-order chi connectivity index (χ1) is 15.5. The quantitative estimate of drug-likeness (QED) is 0.439. The number of hydrogen-bond acceptors (Lipinski definition) is 4. The maximum Gasteiger partial charge on any atom is 0.135 e. The molecule has 2 aromatic rings. The second kappa shape index (κ2) is 8.46. The lowest BCUT2D eigenvalue weighted by molar-refractivity contribution is 0.00242. The van der Waals surface area contributed by atoms with Gasteiger partial charge in [-0.25, -0.2) is 4.68 Å². The Balaban J connectivity index is 1.74. The third-order valence-corrected chi connectivity index (χ3v) is 6.77. The summed E-state index contributed by atoms with van der Waals surface area (Å²) >= 11 is 0. The van der Waals surface area contributed by atoms with Crippen LogP contribution in [0.3, 0.4) is 0 Å². The minimum Gasteiger partial charge on any atom is -0.377 e. The molecule has 1 fully saturated rings. The normalized spacial score (nSPS) is 24.2. The van der Waals surface area contributed by atoms with Crippen molar-refractivity contribution in [2.24, 2.45) is 10.4 Å². The highest BCUT2D eigenvalue weighted by Gasteiger charge is 2.56. The average Bonchev–Trinajstić information content (AvgIpc) is 3.35. The predicted molar refractivity (Wildman–Crippen MR) is 127 cm³/mol. The number of rotatable bonds is 4. The maximum atomic E-state index is 11.8. The Kier molecular flexibility index (Phi) is 5.70. The zero-order chi connectivity index (χ0) is 22.8. The van der Waals surface area contributed by atoms with E-state index < -0.39 is 11.0 Å². The van der Waals surface area contributed by atoms with Crippen molar-refractivity contribution in [2.45, 2.75) is 45.1 Å². The number of allylic oxidation sites excluding steroid dienone is 3. The van der Waals surface area contributed by atoms with E-state index in [0.29, 0.717) is 24.0 Å². The third kappa shape index (κ3) is 3.42. The fraction of sp³-hybridized carbons (Fsp3) is 0.296. The van der Waals surface area contributed by atoms with Crippen LogP contribution < -0.4 is 0 Å². The Bertz CT molecular complexity index is 1260. The summed E-state index contributed by atoms with van der Waals surface area (Å²) < 4.78 is 1.93. The number of nitriles is 1. The summed E-state index contributed by atoms with van der Waals surface area (Å²) in [7, 11) is 0. The predicted octanol–water partition coefficient (Wildman–Crippen LogP) is 4.74. The summed E-state index contributed by atoms with van der Waals surface area (Å²) in [6, 6.07) is 9.45. The molecule has 0 bridgehead atoms. The molecule has 1 N–H and O–H groups in total. The van der Waals surface area contributed by atoms with Gasteiger partial charge in [0, 0.05) is 22.9 Å². The average molecular weight is 423 g/mol. The zero-order valence-electron chi connectivity index (χ0n) is 18.5. The summed E-state index contributed by atoms with van der Waals surface area (Å²) in [5.41, 5.74) is 3.94. The van der Waals surface area contributed by atoms with Crippen LogP contribution in [0.2, 0.25) is 0 Å². The molecule has 0 spiro atoms. The number of aliphatic hydroxyl groups is 1. The number of fused-ring (bicyclic) bond motifs is 2. The molecule has 4 rings (SSSR count). The molecule has 2 aliphatic rings. The maximum absolute atomic E-state index is 11.8. The topological polar surface area (TPSA) is 74.2 Å². The van der Waals surface area contributed by atoms with Crippen molar-refractivity contribution in [3.63, 3.8) is 0 Å². The van der Waals surface area contributed by atoms with Crippen LogP contribution in [0.5, 0.6) is 0 Å². The van der Waals surface area contributed by atoms with Gasteiger partial charge in [0.15, 0.2) is 0 Å². The summed E-state index contributed by atoms with van der Waals surface area (Å²) in [6.45, 7) is 7.57. The minimum absolute atomic E-state index is 0.452. The SMILES string of the molecule is C=NC=CC=C(C)n1ncc2c1C=C1CCC(O)(C#Cc3ccccc3C#N)C1(CC)C2. The van der Waals surface area contributed by atoms with Gasteiger partial charge >= 0.3 is 0 Å². The van der Waals surface area contributed by atoms with Crippen LogP contribution in [0.25, 0.3) is 11.8 Å². The molecule has 1 aromatic carbocycles. The molecule has 5 nitrogen and oxygen atoms in total. The highest BCUT2D eigenvalue weighted by Crippen LogP contribution is 2.57. The molecule has 160 valence electrons. The molecule has 2 unspecified atom stereocenters. The monoisotopic (exact) mass is 422 g/mol. The lowest BCUT2D eigenvalue weighted by Gasteiger charge is -2.41. The molecule has 1 aromatic heterocycles. The van der Waals surface area contributed by atoms with E-state index in [1.807, 2.05) is 48.2 Å². The fourth-order valence-electron chi connectivity index (χ4n) is 4.98. The third-order valence-electron chi connectivity index (χ3n) is 6.77.